The maximum Gasteiger partial charge on any atom is 0.317 e. The highest BCUT2D eigenvalue weighted by atomic mass is 16.4. The van der Waals surface area contributed by atoms with E-state index in [9.17, 15) is 14.4 Å². The number of nitrogens with zero attached hydrogens (tertiary/aromatic N) is 3. The molecule has 0 bridgehead atoms. The number of aliphatic carboxylic acids is 1. The number of hydrogen-bond acceptors (Lipinski definition) is 6. The predicted molar refractivity (Wildman–Crippen MR) is 110 cm³/mol. The van der Waals surface area contributed by atoms with Gasteiger partial charge in [0.25, 0.3) is 0 Å². The third-order valence-corrected chi connectivity index (χ3v) is 4.56. The minimum Gasteiger partial charge on any atom is -0.480 e. The molecule has 0 radical (unpaired) electrons. The van der Waals surface area contributed by atoms with Gasteiger partial charge in [0.15, 0.2) is 0 Å². The molecule has 7 nitrogen and oxygen atoms in total. The summed E-state index contributed by atoms with van der Waals surface area (Å²) in [6.45, 7) is 5.49. The highest BCUT2D eigenvalue weighted by Crippen LogP contribution is 2.23. The quantitative estimate of drug-likeness (QED) is 0.549. The number of hydrogen-bond donors (Lipinski definition) is 1. The second-order valence-corrected chi connectivity index (χ2v) is 6.93. The van der Waals surface area contributed by atoms with E-state index in [4.69, 9.17) is 5.11 Å². The van der Waals surface area contributed by atoms with Crippen molar-refractivity contribution in [2.45, 2.75) is 26.9 Å². The first kappa shape index (κ1) is 22.4. The van der Waals surface area contributed by atoms with Crippen molar-refractivity contribution >= 4 is 18.5 Å². The smallest absolute Gasteiger partial charge is 0.317 e. The van der Waals surface area contributed by atoms with Crippen LogP contribution in [0.5, 0.6) is 0 Å². The Morgan fingerprint density at radius 2 is 1.52 bits per heavy atom. The summed E-state index contributed by atoms with van der Waals surface area (Å²) in [7, 11) is 0. The number of carboxylic acid groups (broad SMARTS) is 1. The molecule has 0 aliphatic rings. The Kier molecular flexibility index (Phi) is 8.64. The monoisotopic (exact) mass is 397 g/mol. The van der Waals surface area contributed by atoms with Crippen LogP contribution < -0.4 is 0 Å². The van der Waals surface area contributed by atoms with Gasteiger partial charge in [0.1, 0.15) is 12.6 Å². The van der Waals surface area contributed by atoms with Crippen molar-refractivity contribution in [1.82, 2.24) is 14.8 Å². The summed E-state index contributed by atoms with van der Waals surface area (Å²) in [5.41, 5.74) is 4.63. The van der Waals surface area contributed by atoms with Crippen LogP contribution in [0.15, 0.2) is 36.4 Å². The molecule has 1 aromatic carbocycles. The lowest BCUT2D eigenvalue weighted by Crippen LogP contribution is -2.30. The summed E-state index contributed by atoms with van der Waals surface area (Å²) in [4.78, 5) is 41.1. The Hall–Kier alpha value is -2.90. The fraction of sp³-hybridized carbons (Fsp3) is 0.364. The molecule has 29 heavy (non-hydrogen) atoms. The Morgan fingerprint density at radius 3 is 2.00 bits per heavy atom. The maximum absolute atomic E-state index is 11.1. The number of aryl methyl sites for hydroxylation is 1. The van der Waals surface area contributed by atoms with Gasteiger partial charge in [-0.3, -0.25) is 19.6 Å². The second-order valence-electron chi connectivity index (χ2n) is 6.93. The fourth-order valence-electron chi connectivity index (χ4n) is 3.07. The van der Waals surface area contributed by atoms with Gasteiger partial charge in [0, 0.05) is 13.1 Å². The van der Waals surface area contributed by atoms with E-state index in [0.717, 1.165) is 40.7 Å². The predicted octanol–water partition coefficient (Wildman–Crippen LogP) is 2.16. The van der Waals surface area contributed by atoms with Crippen LogP contribution in [0.25, 0.3) is 11.1 Å². The van der Waals surface area contributed by atoms with Crippen molar-refractivity contribution in [3.8, 4) is 11.1 Å². The van der Waals surface area contributed by atoms with Crippen molar-refractivity contribution in [3.05, 3.63) is 53.3 Å². The molecule has 7 heteroatoms. The molecule has 1 aromatic heterocycles. The highest BCUT2D eigenvalue weighted by Gasteiger charge is 2.13. The van der Waals surface area contributed by atoms with Crippen LogP contribution in [0.3, 0.4) is 0 Å². The molecule has 0 atom stereocenters. The molecule has 0 fully saturated rings. The maximum atomic E-state index is 11.1. The molecule has 0 saturated carbocycles. The molecular formula is C22H27N3O4. The van der Waals surface area contributed by atoms with Crippen LogP contribution in [0.4, 0.5) is 0 Å². The molecule has 154 valence electrons. The SMILES string of the molecule is CCN(CC(=O)O)Cc1cc(-c2ccc(C)cc2)cc(CN(CC=O)CC=O)n1. The molecule has 0 amide bonds. The van der Waals surface area contributed by atoms with E-state index in [1.54, 1.807) is 9.80 Å². The van der Waals surface area contributed by atoms with Crippen LogP contribution in [0.2, 0.25) is 0 Å². The lowest BCUT2D eigenvalue weighted by Gasteiger charge is -2.20. The van der Waals surface area contributed by atoms with E-state index in [-0.39, 0.29) is 19.6 Å². The van der Waals surface area contributed by atoms with Gasteiger partial charge in [0.2, 0.25) is 0 Å². The third kappa shape index (κ3) is 7.21. The molecule has 2 rings (SSSR count). The number of aromatic nitrogens is 1. The van der Waals surface area contributed by atoms with Crippen molar-refractivity contribution in [1.29, 1.82) is 0 Å². The van der Waals surface area contributed by atoms with Crippen molar-refractivity contribution in [3.63, 3.8) is 0 Å². The molecule has 0 spiro atoms. The summed E-state index contributed by atoms with van der Waals surface area (Å²) >= 11 is 0. The van der Waals surface area contributed by atoms with Crippen LogP contribution >= 0.6 is 0 Å². The highest BCUT2D eigenvalue weighted by molar-refractivity contribution is 5.69. The summed E-state index contributed by atoms with van der Waals surface area (Å²) < 4.78 is 0. The number of aldehydes is 2. The first-order valence-electron chi connectivity index (χ1n) is 9.55. The first-order valence-corrected chi connectivity index (χ1v) is 9.55. The number of benzene rings is 1. The fourth-order valence-corrected chi connectivity index (χ4v) is 3.07. The standard InChI is InChI=1S/C22H27N3O4/c1-3-24(16-22(28)29)14-20-12-19(18-6-4-17(2)5-7-18)13-21(23-20)15-25(8-10-26)9-11-27/h4-7,10-13H,3,8-9,14-16H2,1-2H3,(H,28,29). The van der Waals surface area contributed by atoms with E-state index in [1.807, 2.05) is 50.2 Å². The summed E-state index contributed by atoms with van der Waals surface area (Å²) in [6.07, 6.45) is 1.53. The number of rotatable bonds is 12. The van der Waals surface area contributed by atoms with E-state index in [2.05, 4.69) is 4.98 Å². The van der Waals surface area contributed by atoms with Crippen molar-refractivity contribution in [2.24, 2.45) is 0 Å². The first-order chi connectivity index (χ1) is 13.9. The molecule has 2 aromatic rings. The Bertz CT molecular complexity index is 826. The minimum absolute atomic E-state index is 0.0648. The minimum atomic E-state index is -0.884. The Morgan fingerprint density at radius 1 is 0.966 bits per heavy atom. The number of likely N-dealkylation sites (N-methyl/N-ethyl adjacent to an activating group) is 1. The van der Waals surface area contributed by atoms with Gasteiger partial charge in [0.05, 0.1) is 31.0 Å². The van der Waals surface area contributed by atoms with Gasteiger partial charge in [-0.25, -0.2) is 0 Å². The van der Waals surface area contributed by atoms with Gasteiger partial charge >= 0.3 is 5.97 Å². The topological polar surface area (TPSA) is 90.8 Å². The van der Waals surface area contributed by atoms with E-state index < -0.39 is 5.97 Å². The Balaban J connectivity index is 2.38. The number of carboxylic acids is 1. The van der Waals surface area contributed by atoms with Gasteiger partial charge in [-0.1, -0.05) is 36.8 Å². The van der Waals surface area contributed by atoms with Crippen molar-refractivity contribution < 1.29 is 19.5 Å². The number of carbonyl (C=O) groups is 3. The van der Waals surface area contributed by atoms with E-state index >= 15 is 0 Å². The normalized spacial score (nSPS) is 11.0. The number of carbonyl (C=O) groups excluding carboxylic acids is 2. The van der Waals surface area contributed by atoms with Crippen LogP contribution in [-0.2, 0) is 27.5 Å². The lowest BCUT2D eigenvalue weighted by molar-refractivity contribution is -0.138. The third-order valence-electron chi connectivity index (χ3n) is 4.56. The Labute approximate surface area is 171 Å². The zero-order valence-electron chi connectivity index (χ0n) is 16.9. The van der Waals surface area contributed by atoms with Crippen LogP contribution in [-0.4, -0.2) is 64.6 Å². The lowest BCUT2D eigenvalue weighted by atomic mass is 10.0. The van der Waals surface area contributed by atoms with Gasteiger partial charge in [-0.15, -0.1) is 0 Å². The van der Waals surface area contributed by atoms with Gasteiger partial charge in [-0.05, 0) is 36.7 Å². The molecule has 1 heterocycles. The average Bonchev–Trinajstić information content (AvgIpc) is 2.68. The van der Waals surface area contributed by atoms with E-state index in [0.29, 0.717) is 19.6 Å². The number of pyridine rings is 1. The molecular weight excluding hydrogens is 370 g/mol. The molecule has 0 unspecified atom stereocenters. The van der Waals surface area contributed by atoms with Crippen LogP contribution in [0, 0.1) is 6.92 Å². The van der Waals surface area contributed by atoms with Crippen molar-refractivity contribution in [2.75, 3.05) is 26.2 Å². The molecule has 1 N–H and O–H groups in total. The van der Waals surface area contributed by atoms with Gasteiger partial charge < -0.3 is 14.7 Å². The molecule has 0 aliphatic carbocycles. The summed E-state index contributed by atoms with van der Waals surface area (Å²) in [5, 5.41) is 9.11. The largest absolute Gasteiger partial charge is 0.480 e. The zero-order valence-corrected chi connectivity index (χ0v) is 16.9. The van der Waals surface area contributed by atoms with E-state index in [1.165, 1.54) is 0 Å². The summed E-state index contributed by atoms with van der Waals surface area (Å²) in [5.74, 6) is -0.884. The average molecular weight is 397 g/mol. The van der Waals surface area contributed by atoms with Gasteiger partial charge in [-0.2, -0.15) is 0 Å². The molecule has 0 saturated heterocycles. The summed E-state index contributed by atoms with van der Waals surface area (Å²) in [6, 6.07) is 12.0. The second kappa shape index (κ2) is 11.2. The molecule has 0 aliphatic heterocycles. The zero-order chi connectivity index (χ0) is 21.2. The van der Waals surface area contributed by atoms with Crippen LogP contribution in [0.1, 0.15) is 23.9 Å².